The average Bonchev–Trinajstić information content (AvgIpc) is 3.00. The van der Waals surface area contributed by atoms with Crippen molar-refractivity contribution in [2.24, 2.45) is 5.92 Å². The van der Waals surface area contributed by atoms with Gasteiger partial charge in [-0.15, -0.1) is 0 Å². The molecule has 1 aromatic rings. The molecule has 0 bridgehead atoms. The molecule has 1 aromatic heterocycles. The summed E-state index contributed by atoms with van der Waals surface area (Å²) in [6.07, 6.45) is 3.82. The van der Waals surface area contributed by atoms with Gasteiger partial charge in [0.25, 0.3) is 0 Å². The molecule has 2 rings (SSSR count). The van der Waals surface area contributed by atoms with E-state index in [0.717, 1.165) is 0 Å². The Bertz CT molecular complexity index is 413. The second kappa shape index (κ2) is 3.73. The summed E-state index contributed by atoms with van der Waals surface area (Å²) in [6, 6.07) is 3.41. The molecule has 1 heterocycles. The molecule has 1 aliphatic carbocycles. The second-order valence-electron chi connectivity index (χ2n) is 4.75. The van der Waals surface area contributed by atoms with Gasteiger partial charge in [0.1, 0.15) is 11.9 Å². The van der Waals surface area contributed by atoms with Crippen molar-refractivity contribution >= 4 is 11.5 Å². The first-order chi connectivity index (χ1) is 7.50. The summed E-state index contributed by atoms with van der Waals surface area (Å²) >= 11 is 0. The van der Waals surface area contributed by atoms with Gasteiger partial charge in [0.2, 0.25) is 0 Å². The van der Waals surface area contributed by atoms with Crippen LogP contribution in [0, 0.1) is 16.0 Å². The van der Waals surface area contributed by atoms with E-state index in [4.69, 9.17) is 0 Å². The molecule has 0 spiro atoms. The first kappa shape index (κ1) is 10.9. The number of aromatic nitrogens is 1. The van der Waals surface area contributed by atoms with Crippen LogP contribution >= 0.6 is 0 Å². The van der Waals surface area contributed by atoms with E-state index in [1.54, 1.807) is 12.1 Å². The van der Waals surface area contributed by atoms with E-state index < -0.39 is 4.92 Å². The third-order valence-electron chi connectivity index (χ3n) is 3.01. The molecule has 0 aromatic carbocycles. The Kier molecular flexibility index (Phi) is 2.53. The molecule has 0 amide bonds. The Balaban J connectivity index is 2.23. The van der Waals surface area contributed by atoms with E-state index in [1.807, 2.05) is 0 Å². The lowest BCUT2D eigenvalue weighted by Crippen LogP contribution is -2.33. The predicted molar refractivity (Wildman–Crippen MR) is 61.3 cm³/mol. The number of hydrogen-bond acceptors (Lipinski definition) is 4. The zero-order chi connectivity index (χ0) is 11.8. The monoisotopic (exact) mass is 221 g/mol. The molecule has 1 aliphatic rings. The van der Waals surface area contributed by atoms with Gasteiger partial charge in [-0.1, -0.05) is 0 Å². The summed E-state index contributed by atoms with van der Waals surface area (Å²) in [5.74, 6) is 0.503. The quantitative estimate of drug-likeness (QED) is 0.626. The van der Waals surface area contributed by atoms with Gasteiger partial charge in [0.15, 0.2) is 0 Å². The van der Waals surface area contributed by atoms with Crippen molar-refractivity contribution < 1.29 is 4.92 Å². The van der Waals surface area contributed by atoms with Gasteiger partial charge >= 0.3 is 5.82 Å². The molecule has 0 saturated heterocycles. The molecule has 1 N–H and O–H groups in total. The molecule has 0 aliphatic heterocycles. The zero-order valence-electron chi connectivity index (χ0n) is 9.43. The first-order valence-electron chi connectivity index (χ1n) is 5.38. The van der Waals surface area contributed by atoms with Crippen LogP contribution in [-0.4, -0.2) is 15.4 Å². The van der Waals surface area contributed by atoms with Crippen LogP contribution in [0.2, 0.25) is 0 Å². The zero-order valence-corrected chi connectivity index (χ0v) is 9.43. The minimum absolute atomic E-state index is 0.101. The van der Waals surface area contributed by atoms with E-state index in [2.05, 4.69) is 24.1 Å². The summed E-state index contributed by atoms with van der Waals surface area (Å²) in [5.41, 5.74) is 0.401. The van der Waals surface area contributed by atoms with Gasteiger partial charge in [-0.25, -0.2) is 0 Å². The van der Waals surface area contributed by atoms with Gasteiger partial charge in [0, 0.05) is 5.54 Å². The van der Waals surface area contributed by atoms with Gasteiger partial charge in [0.05, 0.1) is 0 Å². The van der Waals surface area contributed by atoms with Crippen LogP contribution in [0.25, 0.3) is 0 Å². The summed E-state index contributed by atoms with van der Waals surface area (Å²) < 4.78 is 0. The van der Waals surface area contributed by atoms with Crippen LogP contribution in [-0.2, 0) is 0 Å². The van der Waals surface area contributed by atoms with Crippen molar-refractivity contribution in [3.63, 3.8) is 0 Å². The van der Waals surface area contributed by atoms with E-state index in [0.29, 0.717) is 11.6 Å². The lowest BCUT2D eigenvalue weighted by Gasteiger charge is -2.26. The van der Waals surface area contributed by atoms with E-state index in [-0.39, 0.29) is 11.4 Å². The van der Waals surface area contributed by atoms with Crippen LogP contribution < -0.4 is 5.32 Å². The van der Waals surface area contributed by atoms with Crippen LogP contribution in [0.5, 0.6) is 0 Å². The average molecular weight is 221 g/mol. The van der Waals surface area contributed by atoms with Crippen molar-refractivity contribution in [3.05, 3.63) is 28.4 Å². The topological polar surface area (TPSA) is 68.1 Å². The second-order valence-corrected chi connectivity index (χ2v) is 4.75. The normalized spacial score (nSPS) is 15.9. The molecule has 1 saturated carbocycles. The molecule has 16 heavy (non-hydrogen) atoms. The highest BCUT2D eigenvalue weighted by atomic mass is 16.6. The van der Waals surface area contributed by atoms with Crippen molar-refractivity contribution in [1.82, 2.24) is 4.98 Å². The molecule has 5 nitrogen and oxygen atoms in total. The number of anilines is 1. The maximum absolute atomic E-state index is 10.8. The smallest absolute Gasteiger partial charge is 0.373 e. The lowest BCUT2D eigenvalue weighted by molar-refractivity contribution is -0.388. The number of pyridine rings is 1. The minimum Gasteiger partial charge on any atom is -0.373 e. The maximum Gasteiger partial charge on any atom is 0.386 e. The van der Waals surface area contributed by atoms with E-state index in [1.165, 1.54) is 19.0 Å². The fraction of sp³-hybridized carbons (Fsp3) is 0.545. The third-order valence-corrected chi connectivity index (χ3v) is 3.01. The molecular weight excluding hydrogens is 206 g/mol. The summed E-state index contributed by atoms with van der Waals surface area (Å²) in [5, 5.41) is 14.0. The molecule has 0 atom stereocenters. The van der Waals surface area contributed by atoms with E-state index >= 15 is 0 Å². The molecule has 5 heteroatoms. The Morgan fingerprint density at radius 1 is 1.56 bits per heavy atom. The van der Waals surface area contributed by atoms with Gasteiger partial charge in [-0.3, -0.25) is 0 Å². The van der Waals surface area contributed by atoms with Crippen molar-refractivity contribution in [2.45, 2.75) is 32.2 Å². The van der Waals surface area contributed by atoms with Crippen LogP contribution in [0.3, 0.4) is 0 Å². The van der Waals surface area contributed by atoms with Gasteiger partial charge in [-0.05, 0) is 54.6 Å². The highest BCUT2D eigenvalue weighted by Crippen LogP contribution is 2.41. The minimum atomic E-state index is -0.453. The fourth-order valence-corrected chi connectivity index (χ4v) is 1.89. The number of nitro groups is 1. The number of hydrogen-bond donors (Lipinski definition) is 1. The largest absolute Gasteiger partial charge is 0.386 e. The molecule has 86 valence electrons. The molecule has 1 fully saturated rings. The standard InChI is InChI=1S/C11H15N3O2/c1-11(2,8-5-6-8)13-9-4-3-7-12-10(9)14(15)16/h3-4,7-8,13H,5-6H2,1-2H3. The van der Waals surface area contributed by atoms with Crippen molar-refractivity contribution in [3.8, 4) is 0 Å². The summed E-state index contributed by atoms with van der Waals surface area (Å²) in [4.78, 5) is 14.1. The third kappa shape index (κ3) is 2.13. The fourth-order valence-electron chi connectivity index (χ4n) is 1.89. The highest BCUT2D eigenvalue weighted by Gasteiger charge is 2.38. The molecule has 0 unspecified atom stereocenters. The van der Waals surface area contributed by atoms with Gasteiger partial charge in [-0.2, -0.15) is 0 Å². The predicted octanol–water partition coefficient (Wildman–Crippen LogP) is 2.59. The summed E-state index contributed by atoms with van der Waals surface area (Å²) in [6.45, 7) is 4.14. The number of rotatable bonds is 4. The number of nitrogens with one attached hydrogen (secondary N) is 1. The van der Waals surface area contributed by atoms with Crippen molar-refractivity contribution in [1.29, 1.82) is 0 Å². The number of nitrogens with zero attached hydrogens (tertiary/aromatic N) is 2. The Hall–Kier alpha value is -1.65. The van der Waals surface area contributed by atoms with Crippen LogP contribution in [0.1, 0.15) is 26.7 Å². The van der Waals surface area contributed by atoms with Gasteiger partial charge < -0.3 is 15.4 Å². The SMILES string of the molecule is CC(C)(Nc1cccnc1[N+](=O)[O-])C1CC1. The molecular formula is C11H15N3O2. The Labute approximate surface area is 94.0 Å². The first-order valence-corrected chi connectivity index (χ1v) is 5.38. The van der Waals surface area contributed by atoms with Crippen LogP contribution in [0.4, 0.5) is 11.5 Å². The van der Waals surface area contributed by atoms with E-state index in [9.17, 15) is 10.1 Å². The summed E-state index contributed by atoms with van der Waals surface area (Å²) in [7, 11) is 0. The lowest BCUT2D eigenvalue weighted by atomic mass is 9.98. The van der Waals surface area contributed by atoms with Crippen molar-refractivity contribution in [2.75, 3.05) is 5.32 Å². The Morgan fingerprint density at radius 2 is 2.25 bits per heavy atom. The maximum atomic E-state index is 10.8. The highest BCUT2D eigenvalue weighted by molar-refractivity contribution is 5.58. The Morgan fingerprint density at radius 3 is 2.81 bits per heavy atom. The van der Waals surface area contributed by atoms with Crippen LogP contribution in [0.15, 0.2) is 18.3 Å². The molecule has 0 radical (unpaired) electrons.